The van der Waals surface area contributed by atoms with Gasteiger partial charge in [0.15, 0.2) is 0 Å². The molecule has 0 bridgehead atoms. The van der Waals surface area contributed by atoms with Crippen molar-refractivity contribution >= 4 is 0 Å². The van der Waals surface area contributed by atoms with Crippen LogP contribution in [0.4, 0.5) is 0 Å². The Kier molecular flexibility index (Phi) is 3.17. The number of hydrogen-bond acceptors (Lipinski definition) is 5. The lowest BCUT2D eigenvalue weighted by atomic mass is 10.2. The van der Waals surface area contributed by atoms with E-state index in [2.05, 4.69) is 26.5 Å². The molecule has 96 valence electrons. The van der Waals surface area contributed by atoms with Crippen LogP contribution in [0.15, 0.2) is 48.7 Å². The number of nitrogens with zero attached hydrogens (tertiary/aromatic N) is 6. The van der Waals surface area contributed by atoms with Gasteiger partial charge in [0, 0.05) is 17.3 Å². The zero-order valence-electron chi connectivity index (χ0n) is 10.5. The van der Waals surface area contributed by atoms with Gasteiger partial charge in [-0.25, -0.2) is 4.98 Å². The summed E-state index contributed by atoms with van der Waals surface area (Å²) >= 11 is 0. The van der Waals surface area contributed by atoms with Gasteiger partial charge >= 0.3 is 0 Å². The fraction of sp³-hybridized carbons (Fsp3) is 0.0714. The van der Waals surface area contributed by atoms with Crippen molar-refractivity contribution in [3.8, 4) is 17.5 Å². The quantitative estimate of drug-likeness (QED) is 0.717. The van der Waals surface area contributed by atoms with Crippen LogP contribution in [0.5, 0.6) is 0 Å². The molecule has 0 unspecified atom stereocenters. The maximum Gasteiger partial charge on any atom is 0.204 e. The molecule has 2 heterocycles. The highest BCUT2D eigenvalue weighted by Crippen LogP contribution is 2.12. The van der Waals surface area contributed by atoms with E-state index in [1.54, 1.807) is 12.3 Å². The van der Waals surface area contributed by atoms with Gasteiger partial charge in [0.2, 0.25) is 5.82 Å². The van der Waals surface area contributed by atoms with Gasteiger partial charge < -0.3 is 0 Å². The molecule has 0 aliphatic rings. The summed E-state index contributed by atoms with van der Waals surface area (Å²) in [5.41, 5.74) is 2.06. The summed E-state index contributed by atoms with van der Waals surface area (Å²) in [6.45, 7) is 0.372. The summed E-state index contributed by atoms with van der Waals surface area (Å²) in [7, 11) is 0. The third-order valence-electron chi connectivity index (χ3n) is 2.79. The maximum absolute atomic E-state index is 9.00. The topological polar surface area (TPSA) is 80.3 Å². The summed E-state index contributed by atoms with van der Waals surface area (Å²) in [6.07, 6.45) is 1.59. The van der Waals surface area contributed by atoms with Crippen LogP contribution >= 0.6 is 0 Å². The largest absolute Gasteiger partial charge is 0.245 e. The van der Waals surface area contributed by atoms with E-state index >= 15 is 0 Å². The highest BCUT2D eigenvalue weighted by molar-refractivity contribution is 5.53. The minimum atomic E-state index is 0.372. The predicted octanol–water partition coefficient (Wildman–Crippen LogP) is 1.66. The monoisotopic (exact) mass is 262 g/mol. The number of tetrazole rings is 1. The summed E-state index contributed by atoms with van der Waals surface area (Å²) in [5.74, 6) is 0.563. The van der Waals surface area contributed by atoms with Gasteiger partial charge in [-0.05, 0) is 11.3 Å². The van der Waals surface area contributed by atoms with Crippen LogP contribution in [0.25, 0.3) is 11.4 Å². The molecule has 2 aromatic heterocycles. The molecule has 1 aromatic carbocycles. The SMILES string of the molecule is N#Cc1ncccc1Cn1nnc(-c2ccccc2)n1. The minimum absolute atomic E-state index is 0.372. The molecule has 6 heteroatoms. The second kappa shape index (κ2) is 5.28. The van der Waals surface area contributed by atoms with E-state index in [0.29, 0.717) is 18.1 Å². The van der Waals surface area contributed by atoms with Gasteiger partial charge in [-0.1, -0.05) is 36.4 Å². The van der Waals surface area contributed by atoms with Crippen LogP contribution < -0.4 is 0 Å². The highest BCUT2D eigenvalue weighted by Gasteiger charge is 2.08. The molecule has 0 saturated carbocycles. The molecule has 3 rings (SSSR count). The Morgan fingerprint density at radius 3 is 2.75 bits per heavy atom. The van der Waals surface area contributed by atoms with Crippen LogP contribution in [0.3, 0.4) is 0 Å². The van der Waals surface area contributed by atoms with E-state index in [0.717, 1.165) is 11.1 Å². The van der Waals surface area contributed by atoms with Crippen molar-refractivity contribution in [1.82, 2.24) is 25.2 Å². The fourth-order valence-corrected chi connectivity index (χ4v) is 1.83. The Hall–Kier alpha value is -3.07. The van der Waals surface area contributed by atoms with Crippen molar-refractivity contribution < 1.29 is 0 Å². The third kappa shape index (κ3) is 2.37. The van der Waals surface area contributed by atoms with Gasteiger partial charge in [-0.3, -0.25) is 0 Å². The van der Waals surface area contributed by atoms with E-state index in [1.165, 1.54) is 4.80 Å². The molecule has 0 fully saturated rings. The Bertz CT molecular complexity index is 757. The number of hydrogen-bond donors (Lipinski definition) is 0. The summed E-state index contributed by atoms with van der Waals surface area (Å²) in [5, 5.41) is 21.3. The van der Waals surface area contributed by atoms with Gasteiger partial charge in [-0.2, -0.15) is 10.1 Å². The number of aromatic nitrogens is 5. The number of nitriles is 1. The Labute approximate surface area is 115 Å². The number of benzene rings is 1. The van der Waals surface area contributed by atoms with E-state index in [9.17, 15) is 0 Å². The lowest BCUT2D eigenvalue weighted by molar-refractivity contribution is 0.571. The molecule has 3 aromatic rings. The lowest BCUT2D eigenvalue weighted by Crippen LogP contribution is -2.06. The Morgan fingerprint density at radius 1 is 1.10 bits per heavy atom. The van der Waals surface area contributed by atoms with Crippen LogP contribution in [0, 0.1) is 11.3 Å². The summed E-state index contributed by atoms with van der Waals surface area (Å²) in [6, 6.07) is 15.3. The van der Waals surface area contributed by atoms with Crippen molar-refractivity contribution in [1.29, 1.82) is 5.26 Å². The molecule has 0 aliphatic carbocycles. The van der Waals surface area contributed by atoms with E-state index in [1.807, 2.05) is 36.4 Å². The van der Waals surface area contributed by atoms with Gasteiger partial charge in [0.05, 0.1) is 6.54 Å². The summed E-state index contributed by atoms with van der Waals surface area (Å²) < 4.78 is 0. The van der Waals surface area contributed by atoms with Crippen LogP contribution in [0.2, 0.25) is 0 Å². The van der Waals surface area contributed by atoms with E-state index in [4.69, 9.17) is 5.26 Å². The molecule has 0 saturated heterocycles. The number of pyridine rings is 1. The molecule has 0 atom stereocenters. The Morgan fingerprint density at radius 2 is 1.95 bits per heavy atom. The second-order valence-corrected chi connectivity index (χ2v) is 4.13. The zero-order valence-corrected chi connectivity index (χ0v) is 10.5. The predicted molar refractivity (Wildman–Crippen MR) is 71.3 cm³/mol. The first-order valence-electron chi connectivity index (χ1n) is 6.04. The first kappa shape index (κ1) is 12.0. The lowest BCUT2D eigenvalue weighted by Gasteiger charge is -2.00. The van der Waals surface area contributed by atoms with Crippen molar-refractivity contribution in [3.05, 3.63) is 59.9 Å². The number of rotatable bonds is 3. The first-order chi connectivity index (χ1) is 9.86. The Balaban J connectivity index is 1.87. The smallest absolute Gasteiger partial charge is 0.204 e. The molecule has 0 radical (unpaired) electrons. The van der Waals surface area contributed by atoms with E-state index < -0.39 is 0 Å². The molecule has 6 nitrogen and oxygen atoms in total. The molecule has 0 amide bonds. The molecular formula is C14H10N6. The summed E-state index contributed by atoms with van der Waals surface area (Å²) in [4.78, 5) is 5.47. The van der Waals surface area contributed by atoms with E-state index in [-0.39, 0.29) is 0 Å². The normalized spacial score (nSPS) is 10.2. The van der Waals surface area contributed by atoms with Crippen LogP contribution in [-0.4, -0.2) is 25.2 Å². The van der Waals surface area contributed by atoms with Gasteiger partial charge in [0.25, 0.3) is 0 Å². The molecule has 0 aliphatic heterocycles. The first-order valence-corrected chi connectivity index (χ1v) is 6.04. The van der Waals surface area contributed by atoms with Gasteiger partial charge in [0.1, 0.15) is 11.8 Å². The van der Waals surface area contributed by atoms with Crippen molar-refractivity contribution in [2.75, 3.05) is 0 Å². The molecule has 20 heavy (non-hydrogen) atoms. The molecular weight excluding hydrogens is 252 g/mol. The van der Waals surface area contributed by atoms with Crippen molar-refractivity contribution in [3.63, 3.8) is 0 Å². The van der Waals surface area contributed by atoms with Crippen molar-refractivity contribution in [2.45, 2.75) is 6.54 Å². The minimum Gasteiger partial charge on any atom is -0.245 e. The van der Waals surface area contributed by atoms with Crippen LogP contribution in [-0.2, 0) is 6.54 Å². The molecule has 0 N–H and O–H groups in total. The fourth-order valence-electron chi connectivity index (χ4n) is 1.83. The third-order valence-corrected chi connectivity index (χ3v) is 2.79. The average Bonchev–Trinajstić information content (AvgIpc) is 2.97. The highest BCUT2D eigenvalue weighted by atomic mass is 15.6. The van der Waals surface area contributed by atoms with Crippen LogP contribution in [0.1, 0.15) is 11.3 Å². The average molecular weight is 262 g/mol. The molecule has 0 spiro atoms. The van der Waals surface area contributed by atoms with Crippen molar-refractivity contribution in [2.24, 2.45) is 0 Å². The maximum atomic E-state index is 9.00. The van der Waals surface area contributed by atoms with Gasteiger partial charge in [-0.15, -0.1) is 10.2 Å². The zero-order chi connectivity index (χ0) is 13.8. The second-order valence-electron chi connectivity index (χ2n) is 4.13. The standard InChI is InChI=1S/C14H10N6/c15-9-13-12(7-4-8-16-13)10-20-18-14(17-19-20)11-5-2-1-3-6-11/h1-8H,10H2.